The van der Waals surface area contributed by atoms with Crippen molar-refractivity contribution in [2.24, 2.45) is 5.92 Å². The summed E-state index contributed by atoms with van der Waals surface area (Å²) < 4.78 is 0. The van der Waals surface area contributed by atoms with Gasteiger partial charge in [0.25, 0.3) is 5.91 Å². The Morgan fingerprint density at radius 2 is 1.91 bits per heavy atom. The van der Waals surface area contributed by atoms with Crippen molar-refractivity contribution in [3.63, 3.8) is 0 Å². The van der Waals surface area contributed by atoms with Gasteiger partial charge in [-0.05, 0) is 43.5 Å². The van der Waals surface area contributed by atoms with E-state index in [4.69, 9.17) is 0 Å². The molecule has 0 unspecified atom stereocenters. The van der Waals surface area contributed by atoms with Gasteiger partial charge in [-0.2, -0.15) is 0 Å². The Balaban J connectivity index is 1.99. The number of amides is 2. The molecule has 0 saturated heterocycles. The summed E-state index contributed by atoms with van der Waals surface area (Å²) >= 11 is 0. The number of nitrogens with one attached hydrogen (secondary N) is 2. The minimum atomic E-state index is -0.112. The second kappa shape index (κ2) is 7.99. The highest BCUT2D eigenvalue weighted by molar-refractivity contribution is 5.95. The van der Waals surface area contributed by atoms with Gasteiger partial charge in [-0.25, -0.2) is 0 Å². The minimum absolute atomic E-state index is 0.0179. The molecule has 2 atom stereocenters. The van der Waals surface area contributed by atoms with Gasteiger partial charge in [0, 0.05) is 37.9 Å². The second-order valence-corrected chi connectivity index (χ2v) is 6.20. The normalized spacial score (nSPS) is 20.1. The van der Waals surface area contributed by atoms with Gasteiger partial charge < -0.3 is 15.5 Å². The first-order chi connectivity index (χ1) is 11.1. The zero-order chi connectivity index (χ0) is 16.8. The molecule has 1 aliphatic carbocycles. The van der Waals surface area contributed by atoms with Crippen molar-refractivity contribution >= 4 is 17.5 Å². The van der Waals surface area contributed by atoms with Crippen LogP contribution in [0.15, 0.2) is 24.3 Å². The molecule has 0 radical (unpaired) electrons. The molecule has 1 fully saturated rings. The van der Waals surface area contributed by atoms with Gasteiger partial charge in [0.05, 0.1) is 5.92 Å². The Morgan fingerprint density at radius 1 is 1.22 bits per heavy atom. The summed E-state index contributed by atoms with van der Waals surface area (Å²) in [5.74, 6) is -0.196. The van der Waals surface area contributed by atoms with E-state index in [1.54, 1.807) is 7.05 Å². The van der Waals surface area contributed by atoms with E-state index in [-0.39, 0.29) is 23.8 Å². The topological polar surface area (TPSA) is 61.4 Å². The third-order valence-corrected chi connectivity index (χ3v) is 4.54. The molecule has 0 heterocycles. The largest absolute Gasteiger partial charge is 0.375 e. The van der Waals surface area contributed by atoms with E-state index >= 15 is 0 Å². The standard InChI is InChI=1S/C18H27N3O2/c1-4-12-21(3)14-10-8-13(9-11-14)17(22)20-16-7-5-6-15(16)18(23)19-2/h8-11,15-16H,4-7,12H2,1-3H3,(H,19,23)(H,20,22)/t15-,16+/m1/s1. The fourth-order valence-electron chi connectivity index (χ4n) is 3.22. The van der Waals surface area contributed by atoms with E-state index in [0.717, 1.165) is 37.9 Å². The lowest BCUT2D eigenvalue weighted by molar-refractivity contribution is -0.124. The number of hydrogen-bond donors (Lipinski definition) is 2. The van der Waals surface area contributed by atoms with E-state index in [1.165, 1.54) is 0 Å². The molecule has 23 heavy (non-hydrogen) atoms. The van der Waals surface area contributed by atoms with Crippen LogP contribution in [0.5, 0.6) is 0 Å². The van der Waals surface area contributed by atoms with Crippen molar-refractivity contribution < 1.29 is 9.59 Å². The Hall–Kier alpha value is -2.04. The molecule has 5 heteroatoms. The van der Waals surface area contributed by atoms with E-state index in [9.17, 15) is 9.59 Å². The molecule has 5 nitrogen and oxygen atoms in total. The van der Waals surface area contributed by atoms with Gasteiger partial charge in [0.1, 0.15) is 0 Å². The Labute approximate surface area is 138 Å². The third kappa shape index (κ3) is 4.24. The highest BCUT2D eigenvalue weighted by Crippen LogP contribution is 2.26. The van der Waals surface area contributed by atoms with E-state index < -0.39 is 0 Å². The molecule has 1 aliphatic rings. The number of carbonyl (C=O) groups excluding carboxylic acids is 2. The average Bonchev–Trinajstić information content (AvgIpc) is 3.02. The van der Waals surface area contributed by atoms with Crippen LogP contribution in [0.1, 0.15) is 43.0 Å². The van der Waals surface area contributed by atoms with Crippen molar-refractivity contribution in [1.82, 2.24) is 10.6 Å². The molecule has 126 valence electrons. The summed E-state index contributed by atoms with van der Waals surface area (Å²) in [6.07, 6.45) is 3.76. The predicted molar refractivity (Wildman–Crippen MR) is 92.7 cm³/mol. The average molecular weight is 317 g/mol. The second-order valence-electron chi connectivity index (χ2n) is 6.20. The van der Waals surface area contributed by atoms with Gasteiger partial charge >= 0.3 is 0 Å². The summed E-state index contributed by atoms with van der Waals surface area (Å²) in [7, 11) is 3.69. The Bertz CT molecular complexity index is 542. The summed E-state index contributed by atoms with van der Waals surface area (Å²) in [6.45, 7) is 3.13. The SMILES string of the molecule is CCCN(C)c1ccc(C(=O)N[C@H]2CCC[C@H]2C(=O)NC)cc1. The summed E-state index contributed by atoms with van der Waals surface area (Å²) in [5.41, 5.74) is 1.74. The number of rotatable bonds is 6. The van der Waals surface area contributed by atoms with Crippen molar-refractivity contribution in [1.29, 1.82) is 0 Å². The maximum atomic E-state index is 12.4. The van der Waals surface area contributed by atoms with E-state index in [0.29, 0.717) is 5.56 Å². The zero-order valence-corrected chi connectivity index (χ0v) is 14.3. The van der Waals surface area contributed by atoms with Crippen molar-refractivity contribution in [2.75, 3.05) is 25.5 Å². The summed E-state index contributed by atoms with van der Waals surface area (Å²) in [5, 5.41) is 5.71. The molecule has 2 amide bonds. The van der Waals surface area contributed by atoms with Crippen molar-refractivity contribution in [3.8, 4) is 0 Å². The Kier molecular flexibility index (Phi) is 6.02. The molecular weight excluding hydrogens is 290 g/mol. The smallest absolute Gasteiger partial charge is 0.251 e. The van der Waals surface area contributed by atoms with Crippen LogP contribution in [-0.4, -0.2) is 38.5 Å². The fraction of sp³-hybridized carbons (Fsp3) is 0.556. The molecule has 1 aromatic rings. The van der Waals surface area contributed by atoms with Gasteiger partial charge in [-0.3, -0.25) is 9.59 Å². The number of carbonyl (C=O) groups is 2. The fourth-order valence-corrected chi connectivity index (χ4v) is 3.22. The first-order valence-electron chi connectivity index (χ1n) is 8.40. The minimum Gasteiger partial charge on any atom is -0.375 e. The van der Waals surface area contributed by atoms with Crippen LogP contribution in [0, 0.1) is 5.92 Å². The first-order valence-corrected chi connectivity index (χ1v) is 8.40. The summed E-state index contributed by atoms with van der Waals surface area (Å²) in [4.78, 5) is 26.4. The van der Waals surface area contributed by atoms with Crippen LogP contribution in [0.3, 0.4) is 0 Å². The molecule has 1 saturated carbocycles. The third-order valence-electron chi connectivity index (χ3n) is 4.54. The van der Waals surface area contributed by atoms with Gasteiger partial charge in [-0.15, -0.1) is 0 Å². The lowest BCUT2D eigenvalue weighted by Gasteiger charge is -2.21. The predicted octanol–water partition coefficient (Wildman–Crippen LogP) is 2.18. The van der Waals surface area contributed by atoms with Crippen LogP contribution < -0.4 is 15.5 Å². The summed E-state index contributed by atoms with van der Waals surface area (Å²) in [6, 6.07) is 7.57. The first kappa shape index (κ1) is 17.3. The molecule has 0 spiro atoms. The molecule has 2 N–H and O–H groups in total. The molecular formula is C18H27N3O2. The van der Waals surface area contributed by atoms with Crippen LogP contribution in [0.4, 0.5) is 5.69 Å². The number of nitrogens with zero attached hydrogens (tertiary/aromatic N) is 1. The monoisotopic (exact) mass is 317 g/mol. The molecule has 0 aliphatic heterocycles. The zero-order valence-electron chi connectivity index (χ0n) is 14.3. The van der Waals surface area contributed by atoms with Crippen LogP contribution >= 0.6 is 0 Å². The van der Waals surface area contributed by atoms with Gasteiger partial charge in [-0.1, -0.05) is 13.3 Å². The van der Waals surface area contributed by atoms with Gasteiger partial charge in [0.2, 0.25) is 5.91 Å². The lowest BCUT2D eigenvalue weighted by atomic mass is 10.0. The van der Waals surface area contributed by atoms with E-state index in [2.05, 4.69) is 22.5 Å². The van der Waals surface area contributed by atoms with Crippen LogP contribution in [0.25, 0.3) is 0 Å². The van der Waals surface area contributed by atoms with Crippen LogP contribution in [0.2, 0.25) is 0 Å². The highest BCUT2D eigenvalue weighted by Gasteiger charge is 2.33. The number of anilines is 1. The maximum absolute atomic E-state index is 12.4. The van der Waals surface area contributed by atoms with Crippen LogP contribution in [-0.2, 0) is 4.79 Å². The number of hydrogen-bond acceptors (Lipinski definition) is 3. The molecule has 1 aromatic carbocycles. The van der Waals surface area contributed by atoms with Crippen molar-refractivity contribution in [2.45, 2.75) is 38.6 Å². The quantitative estimate of drug-likeness (QED) is 0.845. The molecule has 2 rings (SSSR count). The number of benzene rings is 1. The Morgan fingerprint density at radius 3 is 2.52 bits per heavy atom. The van der Waals surface area contributed by atoms with Crippen molar-refractivity contribution in [3.05, 3.63) is 29.8 Å². The highest BCUT2D eigenvalue weighted by atomic mass is 16.2. The molecule has 0 aromatic heterocycles. The maximum Gasteiger partial charge on any atom is 0.251 e. The lowest BCUT2D eigenvalue weighted by Crippen LogP contribution is -2.43. The van der Waals surface area contributed by atoms with Gasteiger partial charge in [0.15, 0.2) is 0 Å². The molecule has 0 bridgehead atoms. The van der Waals surface area contributed by atoms with E-state index in [1.807, 2.05) is 31.3 Å².